The quantitative estimate of drug-likeness (QED) is 0.155. The Labute approximate surface area is 364 Å². The zero-order valence-electron chi connectivity index (χ0n) is 34.9. The van der Waals surface area contributed by atoms with Crippen molar-refractivity contribution in [3.05, 3.63) is 117 Å². The van der Waals surface area contributed by atoms with Crippen LogP contribution < -0.4 is 9.80 Å². The molecule has 0 aliphatic carbocycles. The molecule has 2 aromatic carbocycles. The first-order valence-corrected chi connectivity index (χ1v) is 24.4. The Kier molecular flexibility index (Phi) is 12.3. The molecule has 0 spiro atoms. The number of halogens is 2. The lowest BCUT2D eigenvalue weighted by Gasteiger charge is -2.32. The molecule has 6 heterocycles. The molecule has 2 saturated heterocycles. The molecule has 16 heteroatoms. The van der Waals surface area contributed by atoms with E-state index in [0.717, 1.165) is 35.1 Å². The maximum absolute atomic E-state index is 13.2. The van der Waals surface area contributed by atoms with Crippen molar-refractivity contribution < 1.29 is 26.4 Å². The fraction of sp³-hybridized carbons (Fsp3) is 0.455. The lowest BCUT2D eigenvalue weighted by atomic mass is 9.93. The summed E-state index contributed by atoms with van der Waals surface area (Å²) < 4.78 is 52.8. The van der Waals surface area contributed by atoms with E-state index in [9.17, 15) is 26.4 Å². The number of hydrogen-bond acceptors (Lipinski definition) is 8. The predicted octanol–water partition coefficient (Wildman–Crippen LogP) is 8.32. The van der Waals surface area contributed by atoms with E-state index in [2.05, 4.69) is 9.97 Å². The molecule has 2 aromatic heterocycles. The summed E-state index contributed by atoms with van der Waals surface area (Å²) in [6.07, 6.45) is 9.66. The molecule has 4 aromatic rings. The fourth-order valence-corrected chi connectivity index (χ4v) is 12.6. The number of carbonyl (C=O) groups is 2. The topological polar surface area (TPSA) is 141 Å². The first-order valence-electron chi connectivity index (χ1n) is 20.4. The molecule has 2 fully saturated rings. The van der Waals surface area contributed by atoms with E-state index in [1.54, 1.807) is 67.5 Å². The van der Waals surface area contributed by atoms with Crippen molar-refractivity contribution >= 4 is 66.4 Å². The predicted molar refractivity (Wildman–Crippen MR) is 237 cm³/mol. The number of fused-ring (bicyclic) bond motifs is 2. The van der Waals surface area contributed by atoms with Crippen LogP contribution in [0.3, 0.4) is 0 Å². The largest absolute Gasteiger partial charge is 0.297 e. The molecular formula is C44H52Cl2N6O6S2. The van der Waals surface area contributed by atoms with Crippen molar-refractivity contribution in [2.75, 3.05) is 47.5 Å². The molecule has 2 unspecified atom stereocenters. The molecule has 0 radical (unpaired) electrons. The van der Waals surface area contributed by atoms with Crippen molar-refractivity contribution in [1.82, 2.24) is 18.6 Å². The van der Waals surface area contributed by atoms with Gasteiger partial charge < -0.3 is 0 Å². The van der Waals surface area contributed by atoms with E-state index >= 15 is 0 Å². The van der Waals surface area contributed by atoms with Crippen LogP contribution in [-0.2, 0) is 31.1 Å². The molecule has 8 rings (SSSR count). The summed E-state index contributed by atoms with van der Waals surface area (Å²) in [6, 6.07) is 14.6. The Hall–Kier alpha value is -3.92. The number of aromatic nitrogens is 2. The van der Waals surface area contributed by atoms with E-state index in [-0.39, 0.29) is 35.2 Å². The molecule has 4 aliphatic heterocycles. The van der Waals surface area contributed by atoms with Crippen LogP contribution in [0.25, 0.3) is 0 Å². The number of nitrogens with zero attached hydrogens (tertiary/aromatic N) is 6. The van der Waals surface area contributed by atoms with Crippen molar-refractivity contribution in [2.24, 2.45) is 0 Å². The second kappa shape index (κ2) is 16.7. The Bertz CT molecular complexity index is 2380. The van der Waals surface area contributed by atoms with Crippen molar-refractivity contribution in [2.45, 2.75) is 90.1 Å². The lowest BCUT2D eigenvalue weighted by Crippen LogP contribution is -2.39. The minimum Gasteiger partial charge on any atom is -0.297 e. The standard InChI is InChI=1S/2C22H26ClN3O3S/c2*1-4-9-30(28,29)25-8-7-15(14-25)16-10-18(13-24-12-16)26-21(27)19-6-5-17(23)11-20(19)22(26,2)3/h2*5-6,10-13,15H,4,7-9,14H2,1-3H3. The van der Waals surface area contributed by atoms with Gasteiger partial charge in [-0.15, -0.1) is 0 Å². The van der Waals surface area contributed by atoms with Crippen LogP contribution in [0.5, 0.6) is 0 Å². The van der Waals surface area contributed by atoms with Crippen LogP contribution in [0.2, 0.25) is 10.0 Å². The summed E-state index contributed by atoms with van der Waals surface area (Å²) >= 11 is 12.4. The zero-order chi connectivity index (χ0) is 43.4. The third kappa shape index (κ3) is 8.23. The molecule has 2 amide bonds. The maximum Gasteiger partial charge on any atom is 0.259 e. The summed E-state index contributed by atoms with van der Waals surface area (Å²) in [7, 11) is -6.42. The van der Waals surface area contributed by atoms with Crippen molar-refractivity contribution in [3.8, 4) is 0 Å². The number of carbonyl (C=O) groups excluding carboxylic acids is 2. The van der Waals surface area contributed by atoms with Gasteiger partial charge in [0.25, 0.3) is 11.8 Å². The third-order valence-electron chi connectivity index (χ3n) is 12.2. The Morgan fingerprint density at radius 3 is 1.37 bits per heavy atom. The van der Waals surface area contributed by atoms with Crippen LogP contribution in [0.1, 0.15) is 122 Å². The van der Waals surface area contributed by atoms with E-state index in [4.69, 9.17) is 23.2 Å². The molecule has 12 nitrogen and oxygen atoms in total. The first kappa shape index (κ1) is 44.1. The SMILES string of the molecule is CCCS(=O)(=O)N1CCC(c2cncc(N3C(=O)c4ccc(Cl)cc4C3(C)C)c2)C1.CCCS(=O)(=O)N1CCC(c2cncc(N3C(=O)c4ccc(Cl)cc4C3(C)C)c2)C1. The smallest absolute Gasteiger partial charge is 0.259 e. The van der Waals surface area contributed by atoms with Gasteiger partial charge in [0.15, 0.2) is 0 Å². The number of sulfonamides is 2. The molecule has 0 N–H and O–H groups in total. The summed E-state index contributed by atoms with van der Waals surface area (Å²) in [5.41, 5.74) is 5.28. The molecule has 320 valence electrons. The van der Waals surface area contributed by atoms with Crippen LogP contribution in [0.4, 0.5) is 11.4 Å². The minimum absolute atomic E-state index is 0.0710. The van der Waals surface area contributed by atoms with Crippen LogP contribution in [-0.4, -0.2) is 84.9 Å². The van der Waals surface area contributed by atoms with Crippen LogP contribution in [0, 0.1) is 0 Å². The van der Waals surface area contributed by atoms with Gasteiger partial charge in [-0.1, -0.05) is 37.0 Å². The molecule has 4 aliphatic rings. The Morgan fingerprint density at radius 2 is 1.00 bits per heavy atom. The second-order valence-corrected chi connectivity index (χ2v) is 22.1. The van der Waals surface area contributed by atoms with Crippen molar-refractivity contribution in [1.29, 1.82) is 0 Å². The number of anilines is 2. The molecule has 60 heavy (non-hydrogen) atoms. The summed E-state index contributed by atoms with van der Waals surface area (Å²) in [5, 5.41) is 1.20. The molecule has 0 saturated carbocycles. The number of pyridine rings is 2. The number of benzene rings is 2. The van der Waals surface area contributed by atoms with Gasteiger partial charge in [0, 0.05) is 71.6 Å². The second-order valence-electron chi connectivity index (χ2n) is 17.1. The number of hydrogen-bond donors (Lipinski definition) is 0. The Morgan fingerprint density at radius 1 is 0.617 bits per heavy atom. The van der Waals surface area contributed by atoms with Gasteiger partial charge in [-0.05, 0) is 124 Å². The maximum atomic E-state index is 13.2. The van der Waals surface area contributed by atoms with Crippen molar-refractivity contribution in [3.63, 3.8) is 0 Å². The van der Waals surface area contributed by atoms with Gasteiger partial charge in [0.2, 0.25) is 20.0 Å². The molecular weight excluding hydrogens is 844 g/mol. The highest BCUT2D eigenvalue weighted by Crippen LogP contribution is 2.45. The average Bonchev–Trinajstić information content (AvgIpc) is 3.97. The normalized spacial score (nSPS) is 21.3. The van der Waals surface area contributed by atoms with E-state index < -0.39 is 31.1 Å². The Balaban J connectivity index is 0.000000181. The van der Waals surface area contributed by atoms with E-state index in [1.807, 2.05) is 65.8 Å². The highest BCUT2D eigenvalue weighted by molar-refractivity contribution is 7.89. The third-order valence-corrected chi connectivity index (χ3v) is 16.8. The lowest BCUT2D eigenvalue weighted by molar-refractivity contribution is 0.0973. The van der Waals surface area contributed by atoms with Gasteiger partial charge in [0.05, 0.1) is 46.4 Å². The summed E-state index contributed by atoms with van der Waals surface area (Å²) in [5.74, 6) is 0.335. The van der Waals surface area contributed by atoms with Crippen LogP contribution in [0.15, 0.2) is 73.3 Å². The van der Waals surface area contributed by atoms with Gasteiger partial charge in [-0.2, -0.15) is 0 Å². The zero-order valence-corrected chi connectivity index (χ0v) is 38.0. The highest BCUT2D eigenvalue weighted by Gasteiger charge is 2.46. The fourth-order valence-electron chi connectivity index (χ4n) is 9.15. The number of rotatable bonds is 10. The van der Waals surface area contributed by atoms with Gasteiger partial charge in [-0.3, -0.25) is 29.4 Å². The van der Waals surface area contributed by atoms with Gasteiger partial charge in [-0.25, -0.2) is 25.4 Å². The van der Waals surface area contributed by atoms with Gasteiger partial charge in [0.1, 0.15) is 0 Å². The molecule has 0 bridgehead atoms. The minimum atomic E-state index is -3.21. The average molecular weight is 896 g/mol. The first-order chi connectivity index (χ1) is 28.3. The summed E-state index contributed by atoms with van der Waals surface area (Å²) in [4.78, 5) is 38.6. The van der Waals surface area contributed by atoms with E-state index in [1.165, 1.54) is 0 Å². The highest BCUT2D eigenvalue weighted by atomic mass is 35.5. The number of amides is 2. The molecule has 2 atom stereocenters. The summed E-state index contributed by atoms with van der Waals surface area (Å²) in [6.45, 7) is 13.7. The van der Waals surface area contributed by atoms with E-state index in [0.29, 0.717) is 71.6 Å². The van der Waals surface area contributed by atoms with Gasteiger partial charge >= 0.3 is 0 Å². The monoisotopic (exact) mass is 894 g/mol. The van der Waals surface area contributed by atoms with Crippen LogP contribution >= 0.6 is 23.2 Å².